The van der Waals surface area contributed by atoms with Crippen LogP contribution in [-0.2, 0) is 0 Å². The molecule has 0 aliphatic carbocycles. The van der Waals surface area contributed by atoms with Crippen molar-refractivity contribution in [1.29, 1.82) is 5.26 Å². The summed E-state index contributed by atoms with van der Waals surface area (Å²) in [7, 11) is 0. The van der Waals surface area contributed by atoms with Crippen LogP contribution in [0, 0.1) is 11.3 Å². The molecule has 86 valence electrons. The highest BCUT2D eigenvalue weighted by Crippen LogP contribution is 2.23. The first-order chi connectivity index (χ1) is 8.78. The van der Waals surface area contributed by atoms with Gasteiger partial charge >= 0.3 is 0 Å². The lowest BCUT2D eigenvalue weighted by atomic mass is 10.1. The van der Waals surface area contributed by atoms with Crippen molar-refractivity contribution in [1.82, 2.24) is 14.6 Å². The van der Waals surface area contributed by atoms with Gasteiger partial charge in [0.15, 0.2) is 5.65 Å². The summed E-state index contributed by atoms with van der Waals surface area (Å²) in [5.74, 6) is 0.246. The van der Waals surface area contributed by atoms with Crippen LogP contribution in [0.3, 0.4) is 0 Å². The number of hydrogen-bond donors (Lipinski definition) is 1. The molecule has 3 rings (SSSR count). The third-order valence-corrected chi connectivity index (χ3v) is 2.70. The normalized spacial score (nSPS) is 10.4. The Hall–Kier alpha value is -2.87. The maximum atomic E-state index is 8.78. The molecule has 5 heteroatoms. The number of nitrogens with two attached hydrogens (primary N) is 1. The maximum Gasteiger partial charge on any atom is 0.240 e. The fourth-order valence-electron chi connectivity index (χ4n) is 1.87. The van der Waals surface area contributed by atoms with Crippen molar-refractivity contribution in [2.75, 3.05) is 5.73 Å². The molecule has 0 aliphatic heterocycles. The average molecular weight is 235 g/mol. The molecule has 0 atom stereocenters. The topological polar surface area (TPSA) is 80.0 Å². The van der Waals surface area contributed by atoms with Crippen molar-refractivity contribution in [3.63, 3.8) is 0 Å². The van der Waals surface area contributed by atoms with Crippen LogP contribution in [0.5, 0.6) is 0 Å². The zero-order chi connectivity index (χ0) is 12.5. The number of fused-ring (bicyclic) bond motifs is 1. The second kappa shape index (κ2) is 3.86. The number of nitrogens with zero attached hydrogens (tertiary/aromatic N) is 4. The minimum Gasteiger partial charge on any atom is -0.366 e. The molecule has 0 spiro atoms. The number of nitrogen functional groups attached to an aromatic ring is 1. The number of benzene rings is 1. The first kappa shape index (κ1) is 10.3. The molecular formula is C13H9N5. The van der Waals surface area contributed by atoms with E-state index in [0.29, 0.717) is 11.2 Å². The second-order valence-electron chi connectivity index (χ2n) is 3.85. The van der Waals surface area contributed by atoms with Crippen LogP contribution >= 0.6 is 0 Å². The Morgan fingerprint density at radius 1 is 1.17 bits per heavy atom. The van der Waals surface area contributed by atoms with Crippen LogP contribution in [0.4, 0.5) is 5.95 Å². The summed E-state index contributed by atoms with van der Waals surface area (Å²) in [6.45, 7) is 0. The number of rotatable bonds is 1. The van der Waals surface area contributed by atoms with Gasteiger partial charge in [0.05, 0.1) is 11.6 Å². The molecule has 0 saturated carbocycles. The Bertz CT molecular complexity index is 749. The summed E-state index contributed by atoms with van der Waals surface area (Å²) in [5, 5.41) is 12.8. The summed E-state index contributed by atoms with van der Waals surface area (Å²) < 4.78 is 1.64. The summed E-state index contributed by atoms with van der Waals surface area (Å²) >= 11 is 0. The molecule has 18 heavy (non-hydrogen) atoms. The molecule has 0 saturated heterocycles. The molecule has 1 aromatic carbocycles. The monoisotopic (exact) mass is 235 g/mol. The van der Waals surface area contributed by atoms with Gasteiger partial charge in [0.25, 0.3) is 0 Å². The highest BCUT2D eigenvalue weighted by Gasteiger charge is 2.07. The highest BCUT2D eigenvalue weighted by molar-refractivity contribution is 5.77. The van der Waals surface area contributed by atoms with Gasteiger partial charge in [0.1, 0.15) is 0 Å². The first-order valence-corrected chi connectivity index (χ1v) is 5.39. The van der Waals surface area contributed by atoms with E-state index in [-0.39, 0.29) is 5.95 Å². The van der Waals surface area contributed by atoms with Crippen LogP contribution < -0.4 is 5.73 Å². The molecule has 0 bridgehead atoms. The van der Waals surface area contributed by atoms with Crippen molar-refractivity contribution >= 4 is 11.6 Å². The van der Waals surface area contributed by atoms with Gasteiger partial charge in [0.2, 0.25) is 5.95 Å². The van der Waals surface area contributed by atoms with Crippen LogP contribution in [0.2, 0.25) is 0 Å². The number of anilines is 1. The minimum atomic E-state index is 0.246. The fraction of sp³-hybridized carbons (Fsp3) is 0. The van der Waals surface area contributed by atoms with Crippen molar-refractivity contribution < 1.29 is 0 Å². The quantitative estimate of drug-likeness (QED) is 0.698. The number of aromatic nitrogens is 3. The molecule has 0 unspecified atom stereocenters. The van der Waals surface area contributed by atoms with Crippen LogP contribution in [0.25, 0.3) is 16.8 Å². The second-order valence-corrected chi connectivity index (χ2v) is 3.85. The lowest BCUT2D eigenvalue weighted by molar-refractivity contribution is 0.969. The Morgan fingerprint density at radius 2 is 1.94 bits per heavy atom. The Balaban J connectivity index is 2.21. The lowest BCUT2D eigenvalue weighted by Crippen LogP contribution is -1.90. The van der Waals surface area contributed by atoms with Gasteiger partial charge in [-0.2, -0.15) is 10.2 Å². The van der Waals surface area contributed by atoms with Crippen molar-refractivity contribution in [2.45, 2.75) is 0 Å². The van der Waals surface area contributed by atoms with E-state index in [1.807, 2.05) is 24.3 Å². The summed E-state index contributed by atoms with van der Waals surface area (Å²) in [4.78, 5) is 4.20. The number of hydrogen-bond acceptors (Lipinski definition) is 4. The summed E-state index contributed by atoms with van der Waals surface area (Å²) in [6.07, 6.45) is 1.80. The van der Waals surface area contributed by atoms with E-state index in [1.165, 1.54) is 0 Å². The zero-order valence-electron chi connectivity index (χ0n) is 9.41. The number of pyridine rings is 1. The van der Waals surface area contributed by atoms with E-state index in [2.05, 4.69) is 16.2 Å². The maximum absolute atomic E-state index is 8.78. The van der Waals surface area contributed by atoms with Gasteiger partial charge in [-0.05, 0) is 29.8 Å². The zero-order valence-corrected chi connectivity index (χ0v) is 9.41. The van der Waals surface area contributed by atoms with E-state index < -0.39 is 0 Å². The van der Waals surface area contributed by atoms with Crippen molar-refractivity contribution in [2.24, 2.45) is 0 Å². The van der Waals surface area contributed by atoms with Crippen LogP contribution in [0.1, 0.15) is 5.56 Å². The molecule has 5 nitrogen and oxygen atoms in total. The molecule has 0 fully saturated rings. The average Bonchev–Trinajstić information content (AvgIpc) is 2.79. The Kier molecular flexibility index (Phi) is 2.21. The predicted molar refractivity (Wildman–Crippen MR) is 67.6 cm³/mol. The standard InChI is InChI=1S/C13H9N5/c14-8-9-3-5-10(6-4-9)11-2-1-7-18-12(11)16-13(15)17-18/h1-7H,(H2,15,17). The molecular weight excluding hydrogens is 226 g/mol. The minimum absolute atomic E-state index is 0.246. The molecule has 0 amide bonds. The van der Waals surface area contributed by atoms with Gasteiger partial charge in [0, 0.05) is 11.8 Å². The van der Waals surface area contributed by atoms with Gasteiger partial charge in [-0.1, -0.05) is 12.1 Å². The van der Waals surface area contributed by atoms with Gasteiger partial charge < -0.3 is 5.73 Å². The Morgan fingerprint density at radius 3 is 2.67 bits per heavy atom. The van der Waals surface area contributed by atoms with Gasteiger partial charge in [-0.25, -0.2) is 4.52 Å². The molecule has 3 aromatic rings. The van der Waals surface area contributed by atoms with Crippen LogP contribution in [-0.4, -0.2) is 14.6 Å². The van der Waals surface area contributed by atoms with E-state index in [0.717, 1.165) is 11.1 Å². The largest absolute Gasteiger partial charge is 0.366 e. The van der Waals surface area contributed by atoms with Crippen LogP contribution in [0.15, 0.2) is 42.6 Å². The van der Waals surface area contributed by atoms with E-state index in [9.17, 15) is 0 Å². The smallest absolute Gasteiger partial charge is 0.240 e. The predicted octanol–water partition coefficient (Wildman–Crippen LogP) is 1.85. The summed E-state index contributed by atoms with van der Waals surface area (Å²) in [5.41, 5.74) is 8.85. The third kappa shape index (κ3) is 1.57. The molecule has 0 radical (unpaired) electrons. The molecule has 2 N–H and O–H groups in total. The molecule has 2 heterocycles. The van der Waals surface area contributed by atoms with Crippen molar-refractivity contribution in [3.8, 4) is 17.2 Å². The number of nitriles is 1. The van der Waals surface area contributed by atoms with Gasteiger partial charge in [-0.3, -0.25) is 0 Å². The van der Waals surface area contributed by atoms with E-state index >= 15 is 0 Å². The van der Waals surface area contributed by atoms with E-state index in [4.69, 9.17) is 11.0 Å². The molecule has 2 aromatic heterocycles. The SMILES string of the molecule is N#Cc1ccc(-c2cccn3nc(N)nc23)cc1. The summed E-state index contributed by atoms with van der Waals surface area (Å²) in [6, 6.07) is 13.3. The van der Waals surface area contributed by atoms with Crippen molar-refractivity contribution in [3.05, 3.63) is 48.2 Å². The molecule has 0 aliphatic rings. The highest BCUT2D eigenvalue weighted by atomic mass is 15.3. The van der Waals surface area contributed by atoms with E-state index in [1.54, 1.807) is 22.8 Å². The lowest BCUT2D eigenvalue weighted by Gasteiger charge is -2.02. The first-order valence-electron chi connectivity index (χ1n) is 5.39. The fourth-order valence-corrected chi connectivity index (χ4v) is 1.87. The van der Waals surface area contributed by atoms with Gasteiger partial charge in [-0.15, -0.1) is 5.10 Å². The Labute approximate surface area is 103 Å². The third-order valence-electron chi connectivity index (χ3n) is 2.70.